The van der Waals surface area contributed by atoms with Crippen LogP contribution in [0.25, 0.3) is 0 Å². The van der Waals surface area contributed by atoms with Gasteiger partial charge in [0, 0.05) is 12.8 Å². The first kappa shape index (κ1) is 15.2. The van der Waals surface area contributed by atoms with Crippen LogP contribution < -0.4 is 15.7 Å². The number of nitrogens with one attached hydrogen (secondary N) is 1. The Balaban J connectivity index is 0.000000203. The van der Waals surface area contributed by atoms with E-state index in [0.29, 0.717) is 6.04 Å². The molecule has 2 atom stereocenters. The predicted molar refractivity (Wildman–Crippen MR) is 56.6 cm³/mol. The van der Waals surface area contributed by atoms with Crippen molar-refractivity contribution >= 4 is 5.97 Å². The van der Waals surface area contributed by atoms with Crippen molar-refractivity contribution in [3.05, 3.63) is 0 Å². The summed E-state index contributed by atoms with van der Waals surface area (Å²) in [5, 5.41) is 8.78. The number of rotatable bonds is 2. The molecule has 1 saturated carbocycles. The van der Waals surface area contributed by atoms with Crippen LogP contribution in [0, 0.1) is 0 Å². The Morgan fingerprint density at radius 3 is 2.11 bits per heavy atom. The summed E-state index contributed by atoms with van der Waals surface area (Å²) in [5.41, 5.74) is 6.51. The van der Waals surface area contributed by atoms with Crippen LogP contribution in [0.3, 0.4) is 0 Å². The highest BCUT2D eigenvalue weighted by molar-refractivity contribution is 5.70. The van der Waals surface area contributed by atoms with Gasteiger partial charge in [-0.2, -0.15) is 13.2 Å². The van der Waals surface area contributed by atoms with Gasteiger partial charge in [0.25, 0.3) is 0 Å². The van der Waals surface area contributed by atoms with E-state index in [0.717, 1.165) is 5.54 Å². The summed E-state index contributed by atoms with van der Waals surface area (Å²) >= 11 is 0. The van der Waals surface area contributed by atoms with Crippen LogP contribution in [0.1, 0.15) is 32.6 Å². The van der Waals surface area contributed by atoms with Crippen molar-refractivity contribution in [2.75, 3.05) is 13.1 Å². The highest BCUT2D eigenvalue weighted by Crippen LogP contribution is 2.35. The topological polar surface area (TPSA) is 70.6 Å². The van der Waals surface area contributed by atoms with Crippen molar-refractivity contribution in [2.24, 2.45) is 5.73 Å². The number of carboxylic acids is 1. The fourth-order valence-electron chi connectivity index (χ4n) is 2.57. The fourth-order valence-corrected chi connectivity index (χ4v) is 2.57. The second-order valence-electron chi connectivity index (χ2n) is 5.20. The van der Waals surface area contributed by atoms with Gasteiger partial charge in [0.1, 0.15) is 11.5 Å². The Labute approximate surface area is 104 Å². The second-order valence-corrected chi connectivity index (χ2v) is 5.20. The minimum Gasteiger partial charge on any atom is -0.542 e. The maximum absolute atomic E-state index is 10.5. The summed E-state index contributed by atoms with van der Waals surface area (Å²) < 4.78 is 31.5. The number of likely N-dealkylation sites (tertiary alicyclic amines) is 1. The number of carbonyl (C=O) groups excluding carboxylic acids is 1. The van der Waals surface area contributed by atoms with Crippen LogP contribution >= 0.6 is 0 Å². The molecule has 7 heteroatoms. The highest BCUT2D eigenvalue weighted by Gasteiger charge is 2.53. The first-order valence-corrected chi connectivity index (χ1v) is 6.06. The quantitative estimate of drug-likeness (QED) is 0.664. The van der Waals surface area contributed by atoms with E-state index >= 15 is 0 Å². The normalized spacial score (nSPS) is 26.4. The van der Waals surface area contributed by atoms with Crippen LogP contribution in [0.15, 0.2) is 0 Å². The van der Waals surface area contributed by atoms with Crippen LogP contribution in [-0.2, 0) is 4.79 Å². The van der Waals surface area contributed by atoms with Crippen LogP contribution in [-0.4, -0.2) is 36.8 Å². The molecule has 0 radical (unpaired) electrons. The lowest BCUT2D eigenvalue weighted by Crippen LogP contribution is -3.28. The molecule has 1 spiro atoms. The zero-order valence-corrected chi connectivity index (χ0v) is 10.3. The summed E-state index contributed by atoms with van der Waals surface area (Å²) in [6, 6.07) is 0.391. The number of carbonyl (C=O) groups is 1. The summed E-state index contributed by atoms with van der Waals surface area (Å²) in [6.45, 7) is 4.69. The van der Waals surface area contributed by atoms with Crippen molar-refractivity contribution in [2.45, 2.75) is 50.4 Å². The van der Waals surface area contributed by atoms with Crippen molar-refractivity contribution < 1.29 is 28.0 Å². The molecular weight excluding hydrogens is 249 g/mol. The third kappa shape index (κ3) is 3.58. The van der Waals surface area contributed by atoms with E-state index in [2.05, 4.69) is 6.92 Å². The lowest BCUT2D eigenvalue weighted by atomic mass is 9.68. The minimum atomic E-state index is -5.19. The first-order valence-electron chi connectivity index (χ1n) is 6.06. The summed E-state index contributed by atoms with van der Waals surface area (Å²) in [4.78, 5) is 10.6. The molecule has 4 nitrogen and oxygen atoms in total. The Kier molecular flexibility index (Phi) is 4.61. The zero-order chi connectivity index (χ0) is 14.0. The van der Waals surface area contributed by atoms with Crippen molar-refractivity contribution in [1.82, 2.24) is 0 Å². The predicted octanol–water partition coefficient (Wildman–Crippen LogP) is -1.16. The van der Waals surface area contributed by atoms with Gasteiger partial charge in [-0.15, -0.1) is 0 Å². The molecule has 0 aromatic carbocycles. The Morgan fingerprint density at radius 1 is 1.44 bits per heavy atom. The lowest BCUT2D eigenvalue weighted by Gasteiger charge is -2.55. The molecule has 1 unspecified atom stereocenters. The van der Waals surface area contributed by atoms with Crippen molar-refractivity contribution in [3.8, 4) is 0 Å². The molecule has 1 aliphatic carbocycles. The molecule has 2 fully saturated rings. The Morgan fingerprint density at radius 2 is 1.94 bits per heavy atom. The molecule has 0 aromatic rings. The molecule has 2 rings (SSSR count). The largest absolute Gasteiger partial charge is 0.542 e. The van der Waals surface area contributed by atoms with Crippen LogP contribution in [0.5, 0.6) is 0 Å². The number of nitrogens with two attached hydrogens (primary N) is 1. The van der Waals surface area contributed by atoms with Gasteiger partial charge in [-0.25, -0.2) is 0 Å². The molecule has 3 N–H and O–H groups in total. The summed E-state index contributed by atoms with van der Waals surface area (Å²) in [7, 11) is 0. The molecular formula is C11H19F3N2O2. The number of hydrogen-bond acceptors (Lipinski definition) is 3. The molecule has 1 aliphatic heterocycles. The summed E-state index contributed by atoms with van der Waals surface area (Å²) in [6.07, 6.45) is 0.668. The first-order chi connectivity index (χ1) is 8.17. The van der Waals surface area contributed by atoms with Crippen molar-refractivity contribution in [3.63, 3.8) is 0 Å². The van der Waals surface area contributed by atoms with E-state index in [9.17, 15) is 13.2 Å². The maximum atomic E-state index is 10.5. The average molecular weight is 268 g/mol. The number of aliphatic carboxylic acids is 1. The number of alkyl halides is 3. The molecule has 0 amide bonds. The molecule has 106 valence electrons. The van der Waals surface area contributed by atoms with E-state index in [4.69, 9.17) is 15.6 Å². The molecule has 0 aromatic heterocycles. The fraction of sp³-hybridized carbons (Fsp3) is 0.909. The maximum Gasteiger partial charge on any atom is 0.430 e. The monoisotopic (exact) mass is 268 g/mol. The standard InChI is InChI=1S/C9H18N2.C2HF3O2/c1-8(10)7-11-6-5-9(11)3-2-4-9;3-2(4,5)1(6)7/h8H,2-7,10H2,1H3;(H,6,7)/t8-;/m1./s1. The minimum absolute atomic E-state index is 0.391. The van der Waals surface area contributed by atoms with Gasteiger partial charge in [0.2, 0.25) is 0 Å². The molecule has 2 aliphatic rings. The molecule has 1 saturated heterocycles. The summed E-state index contributed by atoms with van der Waals surface area (Å²) in [5.74, 6) is -3.01. The molecule has 1 heterocycles. The highest BCUT2D eigenvalue weighted by atomic mass is 19.4. The van der Waals surface area contributed by atoms with Crippen molar-refractivity contribution in [1.29, 1.82) is 0 Å². The Bertz CT molecular complexity index is 296. The average Bonchev–Trinajstić information content (AvgIpc) is 2.09. The van der Waals surface area contributed by atoms with Crippen LogP contribution in [0.2, 0.25) is 0 Å². The van der Waals surface area contributed by atoms with Gasteiger partial charge >= 0.3 is 6.18 Å². The van der Waals surface area contributed by atoms with E-state index < -0.39 is 12.1 Å². The van der Waals surface area contributed by atoms with Crippen LogP contribution in [0.4, 0.5) is 13.2 Å². The van der Waals surface area contributed by atoms with Gasteiger partial charge in [0.05, 0.1) is 25.6 Å². The third-order valence-electron chi connectivity index (χ3n) is 3.77. The van der Waals surface area contributed by atoms with E-state index in [1.807, 2.05) is 0 Å². The SMILES string of the molecule is C[C@@H](N)C[NH+]1CCC12CCC2.O=C([O-])C(F)(F)F. The van der Waals surface area contributed by atoms with Gasteiger partial charge in [-0.05, 0) is 13.3 Å². The van der Waals surface area contributed by atoms with Gasteiger partial charge in [-0.3, -0.25) is 0 Å². The van der Waals surface area contributed by atoms with Gasteiger partial charge in [0.15, 0.2) is 0 Å². The number of carboxylic acid groups (broad SMARTS) is 1. The molecule has 18 heavy (non-hydrogen) atoms. The lowest BCUT2D eigenvalue weighted by molar-refractivity contribution is -1.00. The van der Waals surface area contributed by atoms with E-state index in [1.54, 1.807) is 4.90 Å². The number of quaternary nitrogens is 1. The number of halogens is 3. The molecule has 0 bridgehead atoms. The van der Waals surface area contributed by atoms with E-state index in [1.165, 1.54) is 38.8 Å². The van der Waals surface area contributed by atoms with Gasteiger partial charge in [-0.1, -0.05) is 0 Å². The smallest absolute Gasteiger partial charge is 0.430 e. The van der Waals surface area contributed by atoms with E-state index in [-0.39, 0.29) is 0 Å². The van der Waals surface area contributed by atoms with Gasteiger partial charge < -0.3 is 20.5 Å². The zero-order valence-electron chi connectivity index (χ0n) is 10.3. The third-order valence-corrected chi connectivity index (χ3v) is 3.77. The second kappa shape index (κ2) is 5.44. The Hall–Kier alpha value is -0.820. The number of hydrogen-bond donors (Lipinski definition) is 2.